The van der Waals surface area contributed by atoms with Gasteiger partial charge < -0.3 is 10.1 Å². The van der Waals surface area contributed by atoms with Gasteiger partial charge in [-0.2, -0.15) is 13.9 Å². The number of benzene rings is 1. The molecule has 182 valence electrons. The summed E-state index contributed by atoms with van der Waals surface area (Å²) in [5.74, 6) is 0.895. The van der Waals surface area contributed by atoms with Crippen LogP contribution in [0, 0.1) is 11.8 Å². The van der Waals surface area contributed by atoms with Gasteiger partial charge >= 0.3 is 6.61 Å². The van der Waals surface area contributed by atoms with Gasteiger partial charge in [-0.15, -0.1) is 0 Å². The standard InChI is InChI=1S/C25H34ClF2N3O2/c1-4-6-7-17-12-13-19(20(14-17)33-25(27)28)23-21(26)22(30-31(23)5-2)24(32)29-15-18-10-8-16(3)9-11-18/h12-14,16,18,25H,4-11,15H2,1-3H3,(H,29,32). The predicted octanol–water partition coefficient (Wildman–Crippen LogP) is 6.72. The first-order chi connectivity index (χ1) is 15.8. The molecular formula is C25H34ClF2N3O2. The number of nitrogens with one attached hydrogen (secondary N) is 1. The summed E-state index contributed by atoms with van der Waals surface area (Å²) in [4.78, 5) is 12.9. The molecule has 2 aromatic rings. The number of hydrogen-bond donors (Lipinski definition) is 1. The first kappa shape index (κ1) is 25.5. The number of carbonyl (C=O) groups excluding carboxylic acids is 1. The molecule has 1 aliphatic rings. The minimum atomic E-state index is -2.97. The minimum absolute atomic E-state index is 0.0402. The molecule has 0 saturated heterocycles. The van der Waals surface area contributed by atoms with Gasteiger partial charge in [0, 0.05) is 18.7 Å². The fourth-order valence-corrected chi connectivity index (χ4v) is 4.74. The number of hydrogen-bond acceptors (Lipinski definition) is 3. The number of nitrogens with zero attached hydrogens (tertiary/aromatic N) is 2. The molecule has 1 aliphatic carbocycles. The molecule has 1 N–H and O–H groups in total. The summed E-state index contributed by atoms with van der Waals surface area (Å²) in [6.07, 6.45) is 7.27. The summed E-state index contributed by atoms with van der Waals surface area (Å²) < 4.78 is 32.8. The fraction of sp³-hybridized carbons (Fsp3) is 0.600. The van der Waals surface area contributed by atoms with E-state index in [4.69, 9.17) is 16.3 Å². The van der Waals surface area contributed by atoms with Gasteiger partial charge in [0.1, 0.15) is 5.75 Å². The van der Waals surface area contributed by atoms with E-state index < -0.39 is 6.61 Å². The normalized spacial score (nSPS) is 18.5. The Bertz CT molecular complexity index is 940. The zero-order valence-corrected chi connectivity index (χ0v) is 20.4. The number of halogens is 3. The van der Waals surface area contributed by atoms with Crippen molar-refractivity contribution < 1.29 is 18.3 Å². The monoisotopic (exact) mass is 481 g/mol. The molecule has 0 aliphatic heterocycles. The van der Waals surface area contributed by atoms with Gasteiger partial charge in [0.05, 0.1) is 10.7 Å². The first-order valence-electron chi connectivity index (χ1n) is 12.0. The second-order valence-corrected chi connectivity index (χ2v) is 9.35. The molecular weight excluding hydrogens is 448 g/mol. The zero-order chi connectivity index (χ0) is 24.0. The van der Waals surface area contributed by atoms with E-state index in [1.807, 2.05) is 13.0 Å². The molecule has 1 aromatic carbocycles. The summed E-state index contributed by atoms with van der Waals surface area (Å²) in [6, 6.07) is 5.24. The summed E-state index contributed by atoms with van der Waals surface area (Å²) in [7, 11) is 0. The van der Waals surface area contributed by atoms with Gasteiger partial charge in [-0.1, -0.05) is 50.8 Å². The summed E-state index contributed by atoms with van der Waals surface area (Å²) in [6.45, 7) is 4.24. The van der Waals surface area contributed by atoms with Gasteiger partial charge in [-0.3, -0.25) is 9.48 Å². The minimum Gasteiger partial charge on any atom is -0.434 e. The third kappa shape index (κ3) is 6.46. The number of unbranched alkanes of at least 4 members (excludes halogenated alkanes) is 1. The lowest BCUT2D eigenvalue weighted by molar-refractivity contribution is -0.0495. The second-order valence-electron chi connectivity index (χ2n) is 8.98. The van der Waals surface area contributed by atoms with Crippen molar-refractivity contribution >= 4 is 17.5 Å². The van der Waals surface area contributed by atoms with Crippen LogP contribution in [0.5, 0.6) is 5.75 Å². The van der Waals surface area contributed by atoms with E-state index in [1.165, 1.54) is 12.8 Å². The maximum atomic E-state index is 13.2. The topological polar surface area (TPSA) is 56.2 Å². The van der Waals surface area contributed by atoms with E-state index in [9.17, 15) is 13.6 Å². The van der Waals surface area contributed by atoms with Gasteiger partial charge in [-0.05, 0) is 62.1 Å². The number of amides is 1. The Hall–Kier alpha value is -2.15. The molecule has 0 unspecified atom stereocenters. The lowest BCUT2D eigenvalue weighted by Crippen LogP contribution is -2.31. The molecule has 33 heavy (non-hydrogen) atoms. The maximum absolute atomic E-state index is 13.2. The van der Waals surface area contributed by atoms with Crippen LogP contribution in [-0.4, -0.2) is 28.8 Å². The van der Waals surface area contributed by atoms with Gasteiger partial charge in [0.15, 0.2) is 5.69 Å². The predicted molar refractivity (Wildman–Crippen MR) is 127 cm³/mol. The third-order valence-electron chi connectivity index (χ3n) is 6.43. The highest BCUT2D eigenvalue weighted by molar-refractivity contribution is 6.36. The van der Waals surface area contributed by atoms with Crippen molar-refractivity contribution in [1.82, 2.24) is 15.1 Å². The Morgan fingerprint density at radius 2 is 2.00 bits per heavy atom. The number of rotatable bonds is 10. The van der Waals surface area contributed by atoms with Crippen LogP contribution in [-0.2, 0) is 13.0 Å². The Balaban J connectivity index is 1.86. The van der Waals surface area contributed by atoms with Crippen LogP contribution in [0.4, 0.5) is 8.78 Å². The largest absolute Gasteiger partial charge is 0.434 e. The van der Waals surface area contributed by atoms with E-state index >= 15 is 0 Å². The highest BCUT2D eigenvalue weighted by Gasteiger charge is 2.26. The number of alkyl halides is 2. The lowest BCUT2D eigenvalue weighted by Gasteiger charge is -2.26. The van der Waals surface area contributed by atoms with Crippen LogP contribution < -0.4 is 10.1 Å². The highest BCUT2D eigenvalue weighted by atomic mass is 35.5. The van der Waals surface area contributed by atoms with E-state index in [0.29, 0.717) is 30.3 Å². The van der Waals surface area contributed by atoms with Crippen molar-refractivity contribution in [3.63, 3.8) is 0 Å². The molecule has 5 nitrogen and oxygen atoms in total. The van der Waals surface area contributed by atoms with Crippen LogP contribution in [0.2, 0.25) is 5.02 Å². The van der Waals surface area contributed by atoms with E-state index in [-0.39, 0.29) is 22.4 Å². The van der Waals surface area contributed by atoms with Crippen molar-refractivity contribution in [2.75, 3.05) is 6.54 Å². The SMILES string of the molecule is CCCCc1ccc(-c2c(Cl)c(C(=O)NCC3CCC(C)CC3)nn2CC)c(OC(F)F)c1. The Kier molecular flexibility index (Phi) is 9.12. The van der Waals surface area contributed by atoms with Crippen LogP contribution in [0.1, 0.15) is 75.3 Å². The second kappa shape index (κ2) is 11.8. The smallest absolute Gasteiger partial charge is 0.387 e. The molecule has 3 rings (SSSR count). The third-order valence-corrected chi connectivity index (χ3v) is 6.79. The maximum Gasteiger partial charge on any atom is 0.387 e. The number of ether oxygens (including phenoxy) is 1. The summed E-state index contributed by atoms with van der Waals surface area (Å²) in [5, 5.41) is 7.52. The van der Waals surface area contributed by atoms with Crippen molar-refractivity contribution in [2.24, 2.45) is 11.8 Å². The number of aromatic nitrogens is 2. The highest BCUT2D eigenvalue weighted by Crippen LogP contribution is 2.38. The molecule has 1 fully saturated rings. The molecule has 0 atom stereocenters. The average molecular weight is 482 g/mol. The Morgan fingerprint density at radius 3 is 2.64 bits per heavy atom. The van der Waals surface area contributed by atoms with Gasteiger partial charge in [0.25, 0.3) is 5.91 Å². The summed E-state index contributed by atoms with van der Waals surface area (Å²) in [5.41, 5.74) is 1.83. The fourth-order valence-electron chi connectivity index (χ4n) is 4.42. The molecule has 1 aromatic heterocycles. The van der Waals surface area contributed by atoms with E-state index in [0.717, 1.165) is 43.6 Å². The lowest BCUT2D eigenvalue weighted by atomic mass is 9.83. The van der Waals surface area contributed by atoms with Crippen LogP contribution in [0.15, 0.2) is 18.2 Å². The molecule has 0 spiro atoms. The van der Waals surface area contributed by atoms with E-state index in [1.54, 1.807) is 16.8 Å². The molecule has 1 heterocycles. The summed E-state index contributed by atoms with van der Waals surface area (Å²) >= 11 is 6.62. The van der Waals surface area contributed by atoms with Crippen molar-refractivity contribution in [2.45, 2.75) is 78.9 Å². The Labute approximate surface area is 199 Å². The van der Waals surface area contributed by atoms with Crippen LogP contribution >= 0.6 is 11.6 Å². The Morgan fingerprint density at radius 1 is 1.27 bits per heavy atom. The number of aryl methyl sites for hydroxylation is 2. The van der Waals surface area contributed by atoms with Crippen LogP contribution in [0.25, 0.3) is 11.3 Å². The molecule has 1 amide bonds. The first-order valence-corrected chi connectivity index (χ1v) is 12.3. The molecule has 8 heteroatoms. The van der Waals surface area contributed by atoms with Gasteiger partial charge in [-0.25, -0.2) is 0 Å². The van der Waals surface area contributed by atoms with Crippen molar-refractivity contribution in [3.8, 4) is 17.0 Å². The molecule has 0 bridgehead atoms. The van der Waals surface area contributed by atoms with Crippen molar-refractivity contribution in [3.05, 3.63) is 34.5 Å². The van der Waals surface area contributed by atoms with Crippen molar-refractivity contribution in [1.29, 1.82) is 0 Å². The number of carbonyl (C=O) groups is 1. The van der Waals surface area contributed by atoms with E-state index in [2.05, 4.69) is 24.3 Å². The van der Waals surface area contributed by atoms with Gasteiger partial charge in [0.2, 0.25) is 0 Å². The quantitative estimate of drug-likeness (QED) is 0.409. The molecule has 1 saturated carbocycles. The zero-order valence-electron chi connectivity index (χ0n) is 19.7. The molecule has 0 radical (unpaired) electrons. The van der Waals surface area contributed by atoms with Crippen LogP contribution in [0.3, 0.4) is 0 Å². The average Bonchev–Trinajstić information content (AvgIpc) is 3.13.